The summed E-state index contributed by atoms with van der Waals surface area (Å²) in [5.74, 6) is -6.76. The molecule has 3 N–H and O–H groups in total. The van der Waals surface area contributed by atoms with E-state index >= 15 is 0 Å². The molecule has 3 amide bonds. The van der Waals surface area contributed by atoms with Crippen molar-refractivity contribution >= 4 is 29.3 Å². The summed E-state index contributed by atoms with van der Waals surface area (Å²) in [7, 11) is 0. The smallest absolute Gasteiger partial charge is 0.394 e. The van der Waals surface area contributed by atoms with Crippen molar-refractivity contribution < 1.29 is 37.1 Å². The molecule has 3 rings (SSSR count). The number of carbonyl (C=O) groups is 3. The summed E-state index contributed by atoms with van der Waals surface area (Å²) in [6.07, 6.45) is -4.26. The Morgan fingerprint density at radius 1 is 1.22 bits per heavy atom. The highest BCUT2D eigenvalue weighted by atomic mass is 19.4. The van der Waals surface area contributed by atoms with Gasteiger partial charge in [0.15, 0.2) is 0 Å². The maximum Gasteiger partial charge on any atom is 0.394 e. The van der Waals surface area contributed by atoms with E-state index in [0.29, 0.717) is 16.9 Å². The number of fused-ring (bicyclic) bond motifs is 1. The molecule has 0 bridgehead atoms. The molecule has 27 heavy (non-hydrogen) atoms. The molecule has 1 aromatic rings. The lowest BCUT2D eigenvalue weighted by atomic mass is 9.96. The van der Waals surface area contributed by atoms with Crippen molar-refractivity contribution in [1.29, 1.82) is 0 Å². The van der Waals surface area contributed by atoms with Crippen LogP contribution in [-0.2, 0) is 16.0 Å². The molecule has 2 aliphatic rings. The number of urea groups is 1. The van der Waals surface area contributed by atoms with E-state index in [1.54, 1.807) is 0 Å². The topological polar surface area (TPSA) is 98.7 Å². The van der Waals surface area contributed by atoms with Gasteiger partial charge < -0.3 is 20.6 Å². The van der Waals surface area contributed by atoms with Gasteiger partial charge >= 0.3 is 18.2 Å². The Bertz CT molecular complexity index is 812. The number of carboxylic acids is 1. The van der Waals surface area contributed by atoms with Gasteiger partial charge in [-0.25, -0.2) is 9.18 Å². The highest BCUT2D eigenvalue weighted by molar-refractivity contribution is 5.95. The average molecular weight is 389 g/mol. The predicted octanol–water partition coefficient (Wildman–Crippen LogP) is 2.44. The normalized spacial score (nSPS) is 22.2. The SMILES string of the molecule is O=C1CCc2cc(NC(=O)N3C[C@@H](C(F)(F)F)[C@H](C(=O)O)C3)c(F)cc2N1. The van der Waals surface area contributed by atoms with Gasteiger partial charge in [0.1, 0.15) is 5.82 Å². The van der Waals surface area contributed by atoms with Gasteiger partial charge in [0, 0.05) is 25.2 Å². The molecule has 11 heteroatoms. The zero-order valence-corrected chi connectivity index (χ0v) is 13.8. The molecule has 2 heterocycles. The van der Waals surface area contributed by atoms with Crippen molar-refractivity contribution in [2.45, 2.75) is 19.0 Å². The molecule has 0 saturated carbocycles. The zero-order valence-electron chi connectivity index (χ0n) is 13.8. The highest BCUT2D eigenvalue weighted by Gasteiger charge is 2.53. The molecular weight excluding hydrogens is 374 g/mol. The lowest BCUT2D eigenvalue weighted by Crippen LogP contribution is -2.35. The van der Waals surface area contributed by atoms with Crippen LogP contribution in [-0.4, -0.2) is 47.2 Å². The molecule has 1 aromatic carbocycles. The number of nitrogens with zero attached hydrogens (tertiary/aromatic N) is 1. The maximum atomic E-state index is 14.2. The van der Waals surface area contributed by atoms with Crippen molar-refractivity contribution in [3.05, 3.63) is 23.5 Å². The molecule has 2 atom stereocenters. The summed E-state index contributed by atoms with van der Waals surface area (Å²) in [5, 5.41) is 13.7. The number of amides is 3. The second-order valence-corrected chi connectivity index (χ2v) is 6.47. The first-order valence-electron chi connectivity index (χ1n) is 8.04. The third-order valence-electron chi connectivity index (χ3n) is 4.67. The minimum Gasteiger partial charge on any atom is -0.481 e. The number of rotatable bonds is 2. The van der Waals surface area contributed by atoms with Gasteiger partial charge in [0.25, 0.3) is 0 Å². The summed E-state index contributed by atoms with van der Waals surface area (Å²) in [6, 6.07) is 1.30. The fourth-order valence-electron chi connectivity index (χ4n) is 3.24. The Morgan fingerprint density at radius 3 is 2.52 bits per heavy atom. The van der Waals surface area contributed by atoms with Gasteiger partial charge in [0.2, 0.25) is 5.91 Å². The van der Waals surface area contributed by atoms with Crippen LogP contribution in [0.1, 0.15) is 12.0 Å². The Morgan fingerprint density at radius 2 is 1.93 bits per heavy atom. The molecule has 0 unspecified atom stereocenters. The standard InChI is InChI=1S/C16H15F4N3O4/c17-10-4-11-7(1-2-13(24)21-11)3-12(10)22-15(27)23-5-8(14(25)26)9(6-23)16(18,19)20/h3-4,8-9H,1-2,5-6H2,(H,21,24)(H,22,27)(H,25,26)/t8-,9-/m1/s1. The van der Waals surface area contributed by atoms with Crippen LogP contribution < -0.4 is 10.6 Å². The summed E-state index contributed by atoms with van der Waals surface area (Å²) in [4.78, 5) is 35.3. The number of halogens is 4. The van der Waals surface area contributed by atoms with Crippen LogP contribution in [0.15, 0.2) is 12.1 Å². The number of alkyl halides is 3. The van der Waals surface area contributed by atoms with E-state index in [9.17, 15) is 31.9 Å². The number of hydrogen-bond donors (Lipinski definition) is 3. The summed E-state index contributed by atoms with van der Waals surface area (Å²) in [6.45, 7) is -1.46. The minimum atomic E-state index is -4.77. The van der Waals surface area contributed by atoms with Crippen LogP contribution in [0.3, 0.4) is 0 Å². The van der Waals surface area contributed by atoms with Gasteiger partial charge in [-0.15, -0.1) is 0 Å². The van der Waals surface area contributed by atoms with Gasteiger partial charge in [-0.05, 0) is 24.1 Å². The fraction of sp³-hybridized carbons (Fsp3) is 0.438. The van der Waals surface area contributed by atoms with Crippen LogP contribution in [0.2, 0.25) is 0 Å². The maximum absolute atomic E-state index is 14.2. The van der Waals surface area contributed by atoms with Crippen molar-refractivity contribution in [1.82, 2.24) is 4.90 Å². The summed E-state index contributed by atoms with van der Waals surface area (Å²) >= 11 is 0. The quantitative estimate of drug-likeness (QED) is 0.677. The molecular formula is C16H15F4N3O4. The molecule has 0 aromatic heterocycles. The number of aryl methyl sites for hydroxylation is 1. The van der Waals surface area contributed by atoms with E-state index in [0.717, 1.165) is 6.07 Å². The summed E-state index contributed by atoms with van der Waals surface area (Å²) in [5.41, 5.74) is 0.590. The number of hydrogen-bond acceptors (Lipinski definition) is 3. The van der Waals surface area contributed by atoms with Crippen molar-refractivity contribution in [2.75, 3.05) is 23.7 Å². The van der Waals surface area contributed by atoms with Crippen LogP contribution >= 0.6 is 0 Å². The molecule has 1 fully saturated rings. The first kappa shape index (κ1) is 18.9. The fourth-order valence-corrected chi connectivity index (χ4v) is 3.24. The lowest BCUT2D eigenvalue weighted by molar-refractivity contribution is -0.187. The Kier molecular flexibility index (Phi) is 4.70. The van der Waals surface area contributed by atoms with Gasteiger partial charge in [-0.2, -0.15) is 13.2 Å². The monoisotopic (exact) mass is 389 g/mol. The number of carboxylic acid groups (broad SMARTS) is 1. The molecule has 0 aliphatic carbocycles. The van der Waals surface area contributed by atoms with E-state index in [4.69, 9.17) is 5.11 Å². The Hall–Kier alpha value is -2.85. The predicted molar refractivity (Wildman–Crippen MR) is 84.6 cm³/mol. The number of anilines is 2. The number of carbonyl (C=O) groups excluding carboxylic acids is 2. The third kappa shape index (κ3) is 3.81. The Labute approximate surface area is 150 Å². The lowest BCUT2D eigenvalue weighted by Gasteiger charge is -2.21. The van der Waals surface area contributed by atoms with E-state index in [1.807, 2.05) is 0 Å². The van der Waals surface area contributed by atoms with Crippen LogP contribution in [0.25, 0.3) is 0 Å². The van der Waals surface area contributed by atoms with E-state index in [1.165, 1.54) is 6.07 Å². The number of aliphatic carboxylic acids is 1. The van der Waals surface area contributed by atoms with Crippen LogP contribution in [0, 0.1) is 17.7 Å². The van der Waals surface area contributed by atoms with Crippen LogP contribution in [0.4, 0.5) is 33.7 Å². The van der Waals surface area contributed by atoms with Gasteiger partial charge in [-0.3, -0.25) is 9.59 Å². The van der Waals surface area contributed by atoms with Crippen molar-refractivity contribution in [3.8, 4) is 0 Å². The highest BCUT2D eigenvalue weighted by Crippen LogP contribution is 2.38. The second kappa shape index (κ2) is 6.71. The zero-order chi connectivity index (χ0) is 19.9. The number of likely N-dealkylation sites (tertiary alicyclic amines) is 1. The molecule has 146 valence electrons. The van der Waals surface area contributed by atoms with E-state index in [2.05, 4.69) is 10.6 Å². The van der Waals surface area contributed by atoms with Crippen molar-refractivity contribution in [3.63, 3.8) is 0 Å². The van der Waals surface area contributed by atoms with Crippen LogP contribution in [0.5, 0.6) is 0 Å². The van der Waals surface area contributed by atoms with Gasteiger partial charge in [0.05, 0.1) is 17.5 Å². The second-order valence-electron chi connectivity index (χ2n) is 6.47. The third-order valence-corrected chi connectivity index (χ3v) is 4.67. The average Bonchev–Trinajstić information content (AvgIpc) is 3.02. The van der Waals surface area contributed by atoms with Crippen molar-refractivity contribution in [2.24, 2.45) is 11.8 Å². The van der Waals surface area contributed by atoms with E-state index < -0.39 is 48.9 Å². The first-order valence-corrected chi connectivity index (χ1v) is 8.04. The molecule has 2 aliphatic heterocycles. The van der Waals surface area contributed by atoms with Gasteiger partial charge in [-0.1, -0.05) is 0 Å². The first-order chi connectivity index (χ1) is 12.6. The molecule has 0 radical (unpaired) electrons. The number of benzene rings is 1. The molecule has 1 saturated heterocycles. The molecule has 0 spiro atoms. The van der Waals surface area contributed by atoms with E-state index in [-0.39, 0.29) is 23.7 Å². The summed E-state index contributed by atoms with van der Waals surface area (Å²) < 4.78 is 53.2. The Balaban J connectivity index is 1.76. The number of nitrogens with one attached hydrogen (secondary N) is 2. The molecule has 7 nitrogen and oxygen atoms in total. The largest absolute Gasteiger partial charge is 0.481 e. The minimum absolute atomic E-state index is 0.186.